The number of primary amides is 1. The lowest BCUT2D eigenvalue weighted by Crippen LogP contribution is -2.55. The summed E-state index contributed by atoms with van der Waals surface area (Å²) in [5, 5.41) is 17.8. The number of benzene rings is 1. The molecule has 226 valence electrons. The molecule has 2 unspecified atom stereocenters. The number of aliphatic hydroxyl groups excluding tert-OH is 1. The van der Waals surface area contributed by atoms with Crippen LogP contribution in [0.5, 0.6) is 0 Å². The molecule has 8 nitrogen and oxygen atoms in total. The maximum Gasteiger partial charge on any atom is 0.244 e. The van der Waals surface area contributed by atoms with Crippen molar-refractivity contribution in [2.24, 2.45) is 17.1 Å². The molecular formula is C31H44F2N4O4. The fourth-order valence-corrected chi connectivity index (χ4v) is 6.16. The number of aliphatic hydroxyl groups is 1. The van der Waals surface area contributed by atoms with Gasteiger partial charge in [-0.3, -0.25) is 14.4 Å². The zero-order valence-electron chi connectivity index (χ0n) is 24.3. The van der Waals surface area contributed by atoms with Crippen molar-refractivity contribution in [3.8, 4) is 0 Å². The quantitative estimate of drug-likeness (QED) is 0.288. The number of carbonyl (C=O) groups is 3. The van der Waals surface area contributed by atoms with Crippen LogP contribution in [0.1, 0.15) is 64.9 Å². The molecule has 1 fully saturated rings. The van der Waals surface area contributed by atoms with E-state index in [4.69, 9.17) is 5.73 Å². The second-order valence-corrected chi connectivity index (χ2v) is 11.3. The van der Waals surface area contributed by atoms with Crippen LogP contribution in [0.4, 0.5) is 8.78 Å². The molecule has 3 amide bonds. The summed E-state index contributed by atoms with van der Waals surface area (Å²) in [7, 11) is 0. The maximum absolute atomic E-state index is 14.5. The van der Waals surface area contributed by atoms with E-state index in [1.54, 1.807) is 24.0 Å². The fraction of sp³-hybridized carbons (Fsp3) is 0.581. The number of amides is 3. The van der Waals surface area contributed by atoms with Gasteiger partial charge in [-0.1, -0.05) is 31.6 Å². The minimum Gasteiger partial charge on any atom is -0.391 e. The first-order valence-electron chi connectivity index (χ1n) is 14.6. The third kappa shape index (κ3) is 8.23. The largest absolute Gasteiger partial charge is 0.391 e. The summed E-state index contributed by atoms with van der Waals surface area (Å²) in [5.74, 6) is -3.56. The summed E-state index contributed by atoms with van der Waals surface area (Å²) in [5.41, 5.74) is 5.43. The predicted molar refractivity (Wildman–Crippen MR) is 153 cm³/mol. The van der Waals surface area contributed by atoms with Gasteiger partial charge in [0.2, 0.25) is 17.7 Å². The van der Waals surface area contributed by atoms with Gasteiger partial charge in [0.25, 0.3) is 0 Å². The molecule has 1 aliphatic carbocycles. The van der Waals surface area contributed by atoms with Gasteiger partial charge in [0.15, 0.2) is 0 Å². The highest BCUT2D eigenvalue weighted by Crippen LogP contribution is 2.45. The van der Waals surface area contributed by atoms with Crippen LogP contribution in [0.3, 0.4) is 0 Å². The monoisotopic (exact) mass is 574 g/mol. The first kappa shape index (κ1) is 32.4. The molecule has 1 aromatic carbocycles. The van der Waals surface area contributed by atoms with E-state index in [0.717, 1.165) is 18.9 Å². The smallest absolute Gasteiger partial charge is 0.244 e. The Bertz CT molecular complexity index is 1140. The number of carbonyl (C=O) groups excluding carboxylic acids is 3. The second-order valence-electron chi connectivity index (χ2n) is 11.3. The highest BCUT2D eigenvalue weighted by atomic mass is 19.1. The Morgan fingerprint density at radius 2 is 1.83 bits per heavy atom. The van der Waals surface area contributed by atoms with Crippen LogP contribution in [0.2, 0.25) is 0 Å². The van der Waals surface area contributed by atoms with Crippen molar-refractivity contribution in [1.29, 1.82) is 0 Å². The van der Waals surface area contributed by atoms with Crippen molar-refractivity contribution < 1.29 is 28.3 Å². The Balaban J connectivity index is 2.11. The fourth-order valence-electron chi connectivity index (χ4n) is 6.16. The van der Waals surface area contributed by atoms with E-state index in [-0.39, 0.29) is 42.3 Å². The molecule has 0 radical (unpaired) electrons. The number of nitrogens with one attached hydrogen (secondary N) is 2. The lowest BCUT2D eigenvalue weighted by Gasteiger charge is -2.45. The van der Waals surface area contributed by atoms with Crippen LogP contribution >= 0.6 is 0 Å². The maximum atomic E-state index is 14.5. The predicted octanol–water partition coefficient (Wildman–Crippen LogP) is 3.14. The number of nitrogens with two attached hydrogens (primary N) is 1. The molecule has 1 aromatic rings. The molecule has 1 heterocycles. The molecule has 5 N–H and O–H groups in total. The standard InChI is InChI=1S/C31H44F2N4O4/c1-4-10-37(11-5-2)30(41)31(17-20(3)12-22(18-31)28(34)39)25(15-21-13-23(32)16-24(33)14-21)27(38)19-36-26-8-6-7-9-35-29(26)40/h12-14,16-17,25-27,36,38H,4-11,15,18-19H2,1-3H3,(H2,34,39)(H,35,40)/t25-,26?,27+,31?/m1/s1. The molecule has 2 aliphatic rings. The Hall–Kier alpha value is -3.11. The van der Waals surface area contributed by atoms with Gasteiger partial charge in [-0.15, -0.1) is 0 Å². The molecule has 0 bridgehead atoms. The third-order valence-electron chi connectivity index (χ3n) is 7.97. The van der Waals surface area contributed by atoms with E-state index in [1.807, 2.05) is 13.8 Å². The van der Waals surface area contributed by atoms with Gasteiger partial charge in [0.1, 0.15) is 11.6 Å². The van der Waals surface area contributed by atoms with Crippen LogP contribution < -0.4 is 16.4 Å². The van der Waals surface area contributed by atoms with Crippen LogP contribution in [0.25, 0.3) is 0 Å². The van der Waals surface area contributed by atoms with Crippen LogP contribution in [0.15, 0.2) is 41.5 Å². The Morgan fingerprint density at radius 3 is 2.44 bits per heavy atom. The topological polar surface area (TPSA) is 125 Å². The molecule has 0 saturated carbocycles. The van der Waals surface area contributed by atoms with Crippen molar-refractivity contribution in [2.75, 3.05) is 26.2 Å². The summed E-state index contributed by atoms with van der Waals surface area (Å²) < 4.78 is 28.6. The van der Waals surface area contributed by atoms with E-state index in [2.05, 4.69) is 10.6 Å². The summed E-state index contributed by atoms with van der Waals surface area (Å²) in [6.45, 7) is 7.16. The molecular weight excluding hydrogens is 530 g/mol. The van der Waals surface area contributed by atoms with Gasteiger partial charge in [-0.2, -0.15) is 0 Å². The van der Waals surface area contributed by atoms with Crippen LogP contribution in [-0.4, -0.2) is 66.1 Å². The van der Waals surface area contributed by atoms with Crippen LogP contribution in [0, 0.1) is 23.0 Å². The lowest BCUT2D eigenvalue weighted by atomic mass is 9.63. The number of nitrogens with zero attached hydrogens (tertiary/aromatic N) is 1. The minimum absolute atomic E-state index is 0.0420. The molecule has 4 atom stereocenters. The SMILES string of the molecule is CCCN(CCC)C(=O)C1([C@H](Cc2cc(F)cc(F)c2)[C@@H](O)CNC2CCCCNC2=O)C=C(C)C=C(C(N)=O)C1. The molecule has 0 spiro atoms. The van der Waals surface area contributed by atoms with Crippen LogP contribution in [-0.2, 0) is 20.8 Å². The van der Waals surface area contributed by atoms with Gasteiger partial charge < -0.3 is 26.4 Å². The Labute approximate surface area is 241 Å². The number of hydrogen-bond donors (Lipinski definition) is 4. The molecule has 1 saturated heterocycles. The molecule has 41 heavy (non-hydrogen) atoms. The molecule has 3 rings (SSSR count). The zero-order chi connectivity index (χ0) is 30.2. The van der Waals surface area contributed by atoms with Gasteiger partial charge in [0.05, 0.1) is 17.6 Å². The average molecular weight is 575 g/mol. The Kier molecular flexibility index (Phi) is 11.6. The van der Waals surface area contributed by atoms with Gasteiger partial charge in [-0.25, -0.2) is 8.78 Å². The average Bonchev–Trinajstić information content (AvgIpc) is 3.12. The second kappa shape index (κ2) is 14.7. The number of halogens is 2. The summed E-state index contributed by atoms with van der Waals surface area (Å²) >= 11 is 0. The third-order valence-corrected chi connectivity index (χ3v) is 7.97. The number of hydrogen-bond acceptors (Lipinski definition) is 5. The van der Waals surface area contributed by atoms with Crippen molar-refractivity contribution >= 4 is 17.7 Å². The number of rotatable bonds is 13. The van der Waals surface area contributed by atoms with E-state index in [1.165, 1.54) is 12.1 Å². The molecule has 10 heteroatoms. The van der Waals surface area contributed by atoms with Crippen molar-refractivity contribution in [3.05, 3.63) is 58.7 Å². The van der Waals surface area contributed by atoms with E-state index in [9.17, 15) is 28.3 Å². The van der Waals surface area contributed by atoms with Crippen molar-refractivity contribution in [2.45, 2.75) is 77.9 Å². The minimum atomic E-state index is -1.43. The van der Waals surface area contributed by atoms with Crippen molar-refractivity contribution in [3.63, 3.8) is 0 Å². The number of allylic oxidation sites excluding steroid dienone is 2. The van der Waals surface area contributed by atoms with Gasteiger partial charge >= 0.3 is 0 Å². The first-order valence-corrected chi connectivity index (χ1v) is 14.6. The summed E-state index contributed by atoms with van der Waals surface area (Å²) in [6, 6.07) is 2.62. The summed E-state index contributed by atoms with van der Waals surface area (Å²) in [6.07, 6.45) is 5.74. The van der Waals surface area contributed by atoms with E-state index < -0.39 is 41.0 Å². The Morgan fingerprint density at radius 1 is 1.17 bits per heavy atom. The summed E-state index contributed by atoms with van der Waals surface area (Å²) in [4.78, 5) is 41.3. The zero-order valence-corrected chi connectivity index (χ0v) is 24.3. The van der Waals surface area contributed by atoms with E-state index in [0.29, 0.717) is 44.5 Å². The highest BCUT2D eigenvalue weighted by molar-refractivity contribution is 5.96. The highest BCUT2D eigenvalue weighted by Gasteiger charge is 2.50. The first-order chi connectivity index (χ1) is 19.5. The van der Waals surface area contributed by atoms with Gasteiger partial charge in [-0.05, 0) is 69.6 Å². The van der Waals surface area contributed by atoms with Gasteiger partial charge in [0, 0.05) is 43.7 Å². The van der Waals surface area contributed by atoms with Crippen molar-refractivity contribution in [1.82, 2.24) is 15.5 Å². The molecule has 1 aliphatic heterocycles. The molecule has 0 aromatic heterocycles. The normalized spacial score (nSPS) is 22.6. The lowest BCUT2D eigenvalue weighted by molar-refractivity contribution is -0.145. The van der Waals surface area contributed by atoms with E-state index >= 15 is 0 Å².